The maximum absolute atomic E-state index is 11.1. The minimum absolute atomic E-state index is 0.00152. The second-order valence-electron chi connectivity index (χ2n) is 5.16. The number of halogens is 1. The van der Waals surface area contributed by atoms with Crippen molar-refractivity contribution in [2.45, 2.75) is 25.8 Å². The topological polar surface area (TPSA) is 72.3 Å². The predicted molar refractivity (Wildman–Crippen MR) is 78.2 cm³/mol. The molecule has 0 radical (unpaired) electrons. The van der Waals surface area contributed by atoms with Crippen LogP contribution in [0, 0.1) is 5.92 Å². The van der Waals surface area contributed by atoms with Crippen molar-refractivity contribution in [2.75, 3.05) is 18.0 Å². The first-order valence-corrected chi connectivity index (χ1v) is 6.96. The van der Waals surface area contributed by atoms with Crippen molar-refractivity contribution < 1.29 is 4.79 Å². The van der Waals surface area contributed by atoms with Crippen LogP contribution in [0.4, 0.5) is 5.69 Å². The molecule has 1 heterocycles. The molecule has 19 heavy (non-hydrogen) atoms. The van der Waals surface area contributed by atoms with Crippen molar-refractivity contribution in [3.8, 4) is 0 Å². The molecule has 1 aliphatic rings. The Morgan fingerprint density at radius 1 is 1.42 bits per heavy atom. The van der Waals surface area contributed by atoms with Gasteiger partial charge in [0.1, 0.15) is 0 Å². The number of carbonyl (C=O) groups excluding carboxylic acids is 1. The molecule has 1 aliphatic heterocycles. The highest BCUT2D eigenvalue weighted by Gasteiger charge is 2.24. The van der Waals surface area contributed by atoms with Crippen LogP contribution in [0.3, 0.4) is 0 Å². The summed E-state index contributed by atoms with van der Waals surface area (Å²) in [6, 6.07) is 5.91. The summed E-state index contributed by atoms with van der Waals surface area (Å²) in [7, 11) is 0. The summed E-state index contributed by atoms with van der Waals surface area (Å²) in [6.45, 7) is 3.55. The van der Waals surface area contributed by atoms with Gasteiger partial charge in [0.25, 0.3) is 0 Å². The summed E-state index contributed by atoms with van der Waals surface area (Å²) in [4.78, 5) is 13.3. The number of amides is 1. The van der Waals surface area contributed by atoms with E-state index in [1.165, 1.54) is 0 Å². The fraction of sp³-hybridized carbons (Fsp3) is 0.500. The van der Waals surface area contributed by atoms with Gasteiger partial charge in [-0.2, -0.15) is 0 Å². The van der Waals surface area contributed by atoms with E-state index in [-0.39, 0.29) is 17.9 Å². The highest BCUT2D eigenvalue weighted by Crippen LogP contribution is 2.31. The molecule has 1 amide bonds. The number of nitrogens with two attached hydrogens (primary N) is 2. The first kappa shape index (κ1) is 14.2. The zero-order valence-corrected chi connectivity index (χ0v) is 11.9. The fourth-order valence-electron chi connectivity index (χ4n) is 2.47. The predicted octanol–water partition coefficient (Wildman–Crippen LogP) is 2.06. The second-order valence-corrected chi connectivity index (χ2v) is 5.57. The van der Waals surface area contributed by atoms with Gasteiger partial charge in [-0.25, -0.2) is 0 Å². The van der Waals surface area contributed by atoms with Gasteiger partial charge in [0.2, 0.25) is 5.91 Å². The molecular weight excluding hydrogens is 262 g/mol. The highest BCUT2D eigenvalue weighted by molar-refractivity contribution is 6.33. The van der Waals surface area contributed by atoms with Crippen LogP contribution in [-0.4, -0.2) is 19.0 Å². The third-order valence-corrected chi connectivity index (χ3v) is 4.04. The zero-order valence-electron chi connectivity index (χ0n) is 11.1. The molecule has 0 unspecified atom stereocenters. The van der Waals surface area contributed by atoms with Gasteiger partial charge in [0, 0.05) is 25.0 Å². The van der Waals surface area contributed by atoms with Gasteiger partial charge in [-0.15, -0.1) is 0 Å². The minimum Gasteiger partial charge on any atom is -0.370 e. The lowest BCUT2D eigenvalue weighted by Gasteiger charge is -2.33. The molecule has 0 saturated carbocycles. The van der Waals surface area contributed by atoms with Crippen molar-refractivity contribution in [1.29, 1.82) is 0 Å². The van der Waals surface area contributed by atoms with E-state index in [0.29, 0.717) is 5.02 Å². The average molecular weight is 282 g/mol. The summed E-state index contributed by atoms with van der Waals surface area (Å²) < 4.78 is 0. The van der Waals surface area contributed by atoms with Crippen LogP contribution < -0.4 is 16.4 Å². The first-order chi connectivity index (χ1) is 8.99. The van der Waals surface area contributed by atoms with E-state index in [1.807, 2.05) is 25.1 Å². The fourth-order valence-corrected chi connectivity index (χ4v) is 2.78. The number of hydrogen-bond donors (Lipinski definition) is 2. The van der Waals surface area contributed by atoms with E-state index in [2.05, 4.69) is 4.90 Å². The minimum atomic E-state index is -0.196. The smallest absolute Gasteiger partial charge is 0.220 e. The standard InChI is InChI=1S/C14H20ClN3O/c1-9(16)11-2-3-13(12(15)8-11)18-6-4-10(5-7-18)14(17)19/h2-3,8-10H,4-7,16H2,1H3,(H2,17,19)/t9-/m0/s1. The van der Waals surface area contributed by atoms with Crippen LogP contribution in [0.25, 0.3) is 0 Å². The third-order valence-electron chi connectivity index (χ3n) is 3.74. The lowest BCUT2D eigenvalue weighted by Crippen LogP contribution is -2.38. The zero-order chi connectivity index (χ0) is 14.0. The van der Waals surface area contributed by atoms with E-state index >= 15 is 0 Å². The number of anilines is 1. The Morgan fingerprint density at radius 2 is 2.05 bits per heavy atom. The Balaban J connectivity index is 2.09. The highest BCUT2D eigenvalue weighted by atomic mass is 35.5. The number of nitrogens with zero attached hydrogens (tertiary/aromatic N) is 1. The van der Waals surface area contributed by atoms with E-state index < -0.39 is 0 Å². The third kappa shape index (κ3) is 3.19. The summed E-state index contributed by atoms with van der Waals surface area (Å²) in [5.41, 5.74) is 13.2. The van der Waals surface area contributed by atoms with Crippen molar-refractivity contribution >= 4 is 23.2 Å². The molecule has 1 fully saturated rings. The molecule has 1 saturated heterocycles. The van der Waals surface area contributed by atoms with Gasteiger partial charge in [0.15, 0.2) is 0 Å². The van der Waals surface area contributed by atoms with Crippen molar-refractivity contribution in [1.82, 2.24) is 0 Å². The number of rotatable bonds is 3. The molecule has 1 aromatic rings. The maximum Gasteiger partial charge on any atom is 0.220 e. The normalized spacial score (nSPS) is 18.4. The first-order valence-electron chi connectivity index (χ1n) is 6.58. The Kier molecular flexibility index (Phi) is 4.32. The van der Waals surface area contributed by atoms with E-state index in [1.54, 1.807) is 0 Å². The molecule has 1 aromatic carbocycles. The second kappa shape index (κ2) is 5.80. The summed E-state index contributed by atoms with van der Waals surface area (Å²) in [5, 5.41) is 0.715. The molecular formula is C14H20ClN3O. The summed E-state index contributed by atoms with van der Waals surface area (Å²) >= 11 is 6.32. The molecule has 5 heteroatoms. The molecule has 4 N–H and O–H groups in total. The van der Waals surface area contributed by atoms with Gasteiger partial charge in [-0.05, 0) is 37.5 Å². The van der Waals surface area contributed by atoms with Crippen molar-refractivity contribution in [3.05, 3.63) is 28.8 Å². The molecule has 1 atom stereocenters. The Bertz CT molecular complexity index is 468. The van der Waals surface area contributed by atoms with Gasteiger partial charge < -0.3 is 16.4 Å². The van der Waals surface area contributed by atoms with Crippen LogP contribution in [0.1, 0.15) is 31.4 Å². The lowest BCUT2D eigenvalue weighted by atomic mass is 9.96. The Labute approximate surface area is 118 Å². The monoisotopic (exact) mass is 281 g/mol. The van der Waals surface area contributed by atoms with E-state index in [0.717, 1.165) is 37.2 Å². The number of piperidine rings is 1. The van der Waals surface area contributed by atoms with Gasteiger partial charge >= 0.3 is 0 Å². The molecule has 0 aliphatic carbocycles. The number of benzene rings is 1. The molecule has 104 valence electrons. The maximum atomic E-state index is 11.1. The molecule has 0 aromatic heterocycles. The average Bonchev–Trinajstić information content (AvgIpc) is 2.38. The number of carbonyl (C=O) groups is 1. The van der Waals surface area contributed by atoms with Gasteiger partial charge in [0.05, 0.1) is 10.7 Å². The summed E-state index contributed by atoms with van der Waals surface area (Å²) in [6.07, 6.45) is 1.58. The van der Waals surface area contributed by atoms with E-state index in [9.17, 15) is 4.79 Å². The van der Waals surface area contributed by atoms with Crippen molar-refractivity contribution in [2.24, 2.45) is 17.4 Å². The van der Waals surface area contributed by atoms with Crippen LogP contribution in [0.5, 0.6) is 0 Å². The van der Waals surface area contributed by atoms with Gasteiger partial charge in [-0.1, -0.05) is 17.7 Å². The van der Waals surface area contributed by atoms with Crippen LogP contribution in [0.15, 0.2) is 18.2 Å². The number of primary amides is 1. The molecule has 2 rings (SSSR count). The lowest BCUT2D eigenvalue weighted by molar-refractivity contribution is -0.122. The van der Waals surface area contributed by atoms with Crippen LogP contribution in [0.2, 0.25) is 5.02 Å². The van der Waals surface area contributed by atoms with Crippen LogP contribution in [-0.2, 0) is 4.79 Å². The summed E-state index contributed by atoms with van der Waals surface area (Å²) in [5.74, 6) is -0.198. The Hall–Kier alpha value is -1.26. The van der Waals surface area contributed by atoms with Crippen LogP contribution >= 0.6 is 11.6 Å². The molecule has 0 bridgehead atoms. The van der Waals surface area contributed by atoms with Crippen molar-refractivity contribution in [3.63, 3.8) is 0 Å². The largest absolute Gasteiger partial charge is 0.370 e. The molecule has 4 nitrogen and oxygen atoms in total. The van der Waals surface area contributed by atoms with Gasteiger partial charge in [-0.3, -0.25) is 4.79 Å². The SMILES string of the molecule is C[C@H](N)c1ccc(N2CCC(C(N)=O)CC2)c(Cl)c1. The van der Waals surface area contributed by atoms with E-state index in [4.69, 9.17) is 23.1 Å². The molecule has 0 spiro atoms. The number of hydrogen-bond acceptors (Lipinski definition) is 3. The quantitative estimate of drug-likeness (QED) is 0.891. The Morgan fingerprint density at radius 3 is 2.53 bits per heavy atom.